The maximum Gasteiger partial charge on any atom is 0.115 e. The van der Waals surface area contributed by atoms with E-state index in [9.17, 15) is 10.2 Å². The van der Waals surface area contributed by atoms with E-state index in [1.807, 2.05) is 30.3 Å². The highest BCUT2D eigenvalue weighted by Gasteiger charge is 2.07. The van der Waals surface area contributed by atoms with E-state index >= 15 is 0 Å². The molecule has 3 aromatic carbocycles. The van der Waals surface area contributed by atoms with Crippen molar-refractivity contribution in [2.24, 2.45) is 0 Å². The van der Waals surface area contributed by atoms with Gasteiger partial charge in [-0.05, 0) is 41.0 Å². The highest BCUT2D eigenvalue weighted by Crippen LogP contribution is 2.22. The highest BCUT2D eigenvalue weighted by molar-refractivity contribution is 5.65. The van der Waals surface area contributed by atoms with Crippen molar-refractivity contribution < 1.29 is 10.2 Å². The summed E-state index contributed by atoms with van der Waals surface area (Å²) in [5, 5.41) is 22.7. The van der Waals surface area contributed by atoms with E-state index in [1.165, 1.54) is 5.56 Å². The van der Waals surface area contributed by atoms with Crippen LogP contribution in [0.25, 0.3) is 11.1 Å². The Morgan fingerprint density at radius 3 is 2.00 bits per heavy atom. The lowest BCUT2D eigenvalue weighted by Crippen LogP contribution is -2.11. The van der Waals surface area contributed by atoms with E-state index in [4.69, 9.17) is 0 Å². The van der Waals surface area contributed by atoms with Crippen molar-refractivity contribution in [2.45, 2.75) is 6.10 Å². The topological polar surface area (TPSA) is 52.5 Å². The first kappa shape index (κ1) is 15.1. The third kappa shape index (κ3) is 3.90. The first-order chi connectivity index (χ1) is 11.2. The molecule has 0 saturated heterocycles. The molecule has 0 aromatic heterocycles. The second kappa shape index (κ2) is 6.99. The number of hydrogen-bond acceptors (Lipinski definition) is 3. The molecule has 0 aliphatic heterocycles. The van der Waals surface area contributed by atoms with Gasteiger partial charge in [0.15, 0.2) is 0 Å². The lowest BCUT2D eigenvalue weighted by molar-refractivity contribution is 0.191. The molecular formula is C20H19NO2. The van der Waals surface area contributed by atoms with Crippen LogP contribution in [0.3, 0.4) is 0 Å². The van der Waals surface area contributed by atoms with Crippen LogP contribution in [-0.4, -0.2) is 16.8 Å². The molecule has 116 valence electrons. The Hall–Kier alpha value is -2.78. The molecule has 23 heavy (non-hydrogen) atoms. The molecule has 0 aliphatic carbocycles. The van der Waals surface area contributed by atoms with Gasteiger partial charge in [-0.2, -0.15) is 0 Å². The van der Waals surface area contributed by atoms with E-state index < -0.39 is 6.10 Å². The average Bonchev–Trinajstić information content (AvgIpc) is 2.61. The van der Waals surface area contributed by atoms with E-state index in [-0.39, 0.29) is 5.75 Å². The Balaban J connectivity index is 1.61. The molecule has 0 fully saturated rings. The van der Waals surface area contributed by atoms with E-state index in [0.717, 1.165) is 16.8 Å². The van der Waals surface area contributed by atoms with E-state index in [2.05, 4.69) is 29.6 Å². The molecule has 1 atom stereocenters. The van der Waals surface area contributed by atoms with Gasteiger partial charge < -0.3 is 15.5 Å². The van der Waals surface area contributed by atoms with Crippen LogP contribution in [0.4, 0.5) is 5.69 Å². The van der Waals surface area contributed by atoms with Crippen molar-refractivity contribution in [1.82, 2.24) is 0 Å². The summed E-state index contributed by atoms with van der Waals surface area (Å²) in [7, 11) is 0. The molecule has 0 radical (unpaired) electrons. The molecule has 0 aliphatic rings. The summed E-state index contributed by atoms with van der Waals surface area (Å²) >= 11 is 0. The Labute approximate surface area is 135 Å². The fourth-order valence-corrected chi connectivity index (χ4v) is 2.44. The van der Waals surface area contributed by atoms with Crippen molar-refractivity contribution in [3.8, 4) is 16.9 Å². The predicted molar refractivity (Wildman–Crippen MR) is 93.4 cm³/mol. The fraction of sp³-hybridized carbons (Fsp3) is 0.100. The van der Waals surface area contributed by atoms with Crippen molar-refractivity contribution in [3.63, 3.8) is 0 Å². The van der Waals surface area contributed by atoms with Gasteiger partial charge in [-0.1, -0.05) is 54.6 Å². The maximum atomic E-state index is 10.2. The molecule has 1 unspecified atom stereocenters. The number of benzene rings is 3. The van der Waals surface area contributed by atoms with Crippen molar-refractivity contribution in [3.05, 3.63) is 84.4 Å². The molecule has 0 saturated carbocycles. The van der Waals surface area contributed by atoms with Gasteiger partial charge in [0, 0.05) is 12.2 Å². The molecular weight excluding hydrogens is 286 g/mol. The van der Waals surface area contributed by atoms with Crippen LogP contribution in [0, 0.1) is 0 Å². The van der Waals surface area contributed by atoms with Crippen molar-refractivity contribution in [1.29, 1.82) is 0 Å². The monoisotopic (exact) mass is 305 g/mol. The van der Waals surface area contributed by atoms with Gasteiger partial charge in [-0.25, -0.2) is 0 Å². The quantitative estimate of drug-likeness (QED) is 0.662. The lowest BCUT2D eigenvalue weighted by Gasteiger charge is -2.13. The maximum absolute atomic E-state index is 10.2. The third-order valence-electron chi connectivity index (χ3n) is 3.77. The van der Waals surface area contributed by atoms with Gasteiger partial charge in [-0.15, -0.1) is 0 Å². The second-order valence-corrected chi connectivity index (χ2v) is 5.43. The van der Waals surface area contributed by atoms with Crippen molar-refractivity contribution in [2.75, 3.05) is 11.9 Å². The molecule has 0 amide bonds. The molecule has 3 rings (SSSR count). The SMILES string of the molecule is Oc1ccc(C(O)CNc2ccc(-c3ccccc3)cc2)cc1. The predicted octanol–water partition coefficient (Wildman–Crippen LogP) is 4.20. The molecule has 0 heterocycles. The van der Waals surface area contributed by atoms with Gasteiger partial charge in [0.2, 0.25) is 0 Å². The minimum absolute atomic E-state index is 0.199. The third-order valence-corrected chi connectivity index (χ3v) is 3.77. The van der Waals surface area contributed by atoms with Gasteiger partial charge in [0.1, 0.15) is 5.75 Å². The molecule has 3 heteroatoms. The summed E-state index contributed by atoms with van der Waals surface area (Å²) < 4.78 is 0. The van der Waals surface area contributed by atoms with E-state index in [1.54, 1.807) is 24.3 Å². The smallest absolute Gasteiger partial charge is 0.115 e. The molecule has 3 nitrogen and oxygen atoms in total. The lowest BCUT2D eigenvalue weighted by atomic mass is 10.1. The summed E-state index contributed by atoms with van der Waals surface area (Å²) in [4.78, 5) is 0. The number of rotatable bonds is 5. The highest BCUT2D eigenvalue weighted by atomic mass is 16.3. The minimum atomic E-state index is -0.621. The number of aliphatic hydroxyl groups is 1. The summed E-state index contributed by atoms with van der Waals surface area (Å²) in [6, 6.07) is 24.9. The standard InChI is InChI=1S/C20H19NO2/c22-19-12-8-17(9-13-19)20(23)14-21-18-10-6-16(7-11-18)15-4-2-1-3-5-15/h1-13,20-23H,14H2. The average molecular weight is 305 g/mol. The van der Waals surface area contributed by atoms with Crippen LogP contribution in [0.2, 0.25) is 0 Å². The summed E-state index contributed by atoms with van der Waals surface area (Å²) in [6.07, 6.45) is -0.621. The zero-order valence-electron chi connectivity index (χ0n) is 12.7. The number of phenolic OH excluding ortho intramolecular Hbond substituents is 1. The minimum Gasteiger partial charge on any atom is -0.508 e. The molecule has 3 aromatic rings. The number of aliphatic hydroxyl groups excluding tert-OH is 1. The Kier molecular flexibility index (Phi) is 4.60. The first-order valence-electron chi connectivity index (χ1n) is 7.59. The Morgan fingerprint density at radius 2 is 1.35 bits per heavy atom. The number of hydrogen-bond donors (Lipinski definition) is 3. The van der Waals surface area contributed by atoms with Crippen LogP contribution < -0.4 is 5.32 Å². The Bertz CT molecular complexity index is 737. The summed E-state index contributed by atoms with van der Waals surface area (Å²) in [5.74, 6) is 0.199. The van der Waals surface area contributed by atoms with Crippen LogP contribution >= 0.6 is 0 Å². The normalized spacial score (nSPS) is 11.9. The number of nitrogens with one attached hydrogen (secondary N) is 1. The second-order valence-electron chi connectivity index (χ2n) is 5.43. The van der Waals surface area contributed by atoms with Crippen molar-refractivity contribution >= 4 is 5.69 Å². The van der Waals surface area contributed by atoms with Crippen LogP contribution in [0.5, 0.6) is 5.75 Å². The summed E-state index contributed by atoms with van der Waals surface area (Å²) in [6.45, 7) is 0.412. The van der Waals surface area contributed by atoms with Gasteiger partial charge >= 0.3 is 0 Å². The molecule has 0 spiro atoms. The van der Waals surface area contributed by atoms with Crippen LogP contribution in [0.15, 0.2) is 78.9 Å². The first-order valence-corrected chi connectivity index (χ1v) is 7.59. The zero-order chi connectivity index (χ0) is 16.1. The summed E-state index contributed by atoms with van der Waals surface area (Å²) in [5.41, 5.74) is 4.08. The number of aromatic hydroxyl groups is 1. The molecule has 3 N–H and O–H groups in total. The Morgan fingerprint density at radius 1 is 0.739 bits per heavy atom. The van der Waals surface area contributed by atoms with Gasteiger partial charge in [-0.3, -0.25) is 0 Å². The largest absolute Gasteiger partial charge is 0.508 e. The zero-order valence-corrected chi connectivity index (χ0v) is 12.7. The van der Waals surface area contributed by atoms with E-state index in [0.29, 0.717) is 6.54 Å². The number of anilines is 1. The van der Waals surface area contributed by atoms with Gasteiger partial charge in [0.25, 0.3) is 0 Å². The molecule has 0 bridgehead atoms. The van der Waals surface area contributed by atoms with Crippen LogP contribution in [-0.2, 0) is 0 Å². The fourth-order valence-electron chi connectivity index (χ4n) is 2.44. The number of phenols is 1. The van der Waals surface area contributed by atoms with Crippen LogP contribution in [0.1, 0.15) is 11.7 Å². The van der Waals surface area contributed by atoms with Gasteiger partial charge in [0.05, 0.1) is 6.10 Å².